The summed E-state index contributed by atoms with van der Waals surface area (Å²) in [5.74, 6) is 0. The molecule has 0 spiro atoms. The average molecular weight is 199 g/mol. The van der Waals surface area contributed by atoms with Crippen LogP contribution in [-0.2, 0) is 0 Å². The molecule has 0 bridgehead atoms. The van der Waals surface area contributed by atoms with Gasteiger partial charge in [0, 0.05) is 17.8 Å². The van der Waals surface area contributed by atoms with Crippen LogP contribution in [-0.4, -0.2) is 12.6 Å². The largest absolute Gasteiger partial charge is 0.310 e. The van der Waals surface area contributed by atoms with Crippen molar-refractivity contribution in [2.24, 2.45) is 0 Å². The van der Waals surface area contributed by atoms with E-state index in [1.165, 1.54) is 30.4 Å². The van der Waals surface area contributed by atoms with Crippen molar-refractivity contribution in [2.45, 2.75) is 25.3 Å². The van der Waals surface area contributed by atoms with E-state index in [2.05, 4.69) is 28.8 Å². The van der Waals surface area contributed by atoms with Crippen LogP contribution in [0.2, 0.25) is 0 Å². The smallest absolute Gasteiger partial charge is 0.0706 e. The van der Waals surface area contributed by atoms with Gasteiger partial charge in [-0.15, -0.1) is 0 Å². The molecule has 1 fully saturated rings. The maximum atomic E-state index is 4.45. The molecule has 1 radical (unpaired) electrons. The lowest BCUT2D eigenvalue weighted by molar-refractivity contribution is 0.463. The lowest BCUT2D eigenvalue weighted by Gasteiger charge is -2.24. The van der Waals surface area contributed by atoms with Gasteiger partial charge in [0.2, 0.25) is 0 Å². The minimum atomic E-state index is 0.520. The number of hydrogen-bond acceptors (Lipinski definition) is 1. The van der Waals surface area contributed by atoms with Gasteiger partial charge in [0.25, 0.3) is 0 Å². The molecule has 0 saturated carbocycles. The van der Waals surface area contributed by atoms with Gasteiger partial charge in [-0.1, -0.05) is 24.6 Å². The first kappa shape index (κ1) is 8.98. The molecule has 1 saturated heterocycles. The second kappa shape index (κ2) is 3.70. The third-order valence-corrected chi connectivity index (χ3v) is 3.24. The third kappa shape index (κ3) is 1.55. The van der Waals surface area contributed by atoms with E-state index in [1.54, 1.807) is 0 Å². The minimum absolute atomic E-state index is 0.520. The molecule has 3 rings (SSSR count). The summed E-state index contributed by atoms with van der Waals surface area (Å²) in [6.45, 7) is 1.14. The second-order valence-electron chi connectivity index (χ2n) is 4.23. The van der Waals surface area contributed by atoms with E-state index in [0.29, 0.717) is 6.04 Å². The second-order valence-corrected chi connectivity index (χ2v) is 4.23. The summed E-state index contributed by atoms with van der Waals surface area (Å²) in [4.78, 5) is 0. The molecule has 2 aliphatic rings. The Labute approximate surface area is 90.4 Å². The van der Waals surface area contributed by atoms with Gasteiger partial charge in [-0.05, 0) is 31.0 Å². The SMILES string of the molecule is C1=C(C2CCCCN2)c2ccccc2[N]1. The normalized spacial score (nSPS) is 24.3. The first-order chi connectivity index (χ1) is 7.45. The fourth-order valence-corrected chi connectivity index (χ4v) is 2.43. The summed E-state index contributed by atoms with van der Waals surface area (Å²) in [5.41, 5.74) is 3.82. The fraction of sp³-hybridized carbons (Fsp3) is 0.385. The van der Waals surface area contributed by atoms with Crippen LogP contribution >= 0.6 is 0 Å². The maximum absolute atomic E-state index is 4.45. The zero-order chi connectivity index (χ0) is 10.1. The van der Waals surface area contributed by atoms with E-state index in [0.717, 1.165) is 12.2 Å². The highest BCUT2D eigenvalue weighted by atomic mass is 14.9. The van der Waals surface area contributed by atoms with Gasteiger partial charge in [0.1, 0.15) is 0 Å². The van der Waals surface area contributed by atoms with Crippen LogP contribution in [0.1, 0.15) is 24.8 Å². The fourth-order valence-electron chi connectivity index (χ4n) is 2.43. The van der Waals surface area contributed by atoms with Gasteiger partial charge in [0.05, 0.1) is 5.69 Å². The van der Waals surface area contributed by atoms with E-state index in [9.17, 15) is 0 Å². The van der Waals surface area contributed by atoms with Gasteiger partial charge in [-0.2, -0.15) is 0 Å². The van der Waals surface area contributed by atoms with Crippen LogP contribution in [0.5, 0.6) is 0 Å². The Balaban J connectivity index is 1.89. The Morgan fingerprint density at radius 2 is 2.13 bits per heavy atom. The van der Waals surface area contributed by atoms with Crippen molar-refractivity contribution in [2.75, 3.05) is 6.54 Å². The molecule has 2 heteroatoms. The summed E-state index contributed by atoms with van der Waals surface area (Å²) in [7, 11) is 0. The molecule has 2 heterocycles. The monoisotopic (exact) mass is 199 g/mol. The Morgan fingerprint density at radius 1 is 1.20 bits per heavy atom. The summed E-state index contributed by atoms with van der Waals surface area (Å²) in [6, 6.07) is 8.92. The van der Waals surface area contributed by atoms with Crippen molar-refractivity contribution in [3.8, 4) is 0 Å². The van der Waals surface area contributed by atoms with Crippen molar-refractivity contribution in [1.82, 2.24) is 10.6 Å². The van der Waals surface area contributed by atoms with Crippen LogP contribution in [0.15, 0.2) is 30.5 Å². The first-order valence-electron chi connectivity index (χ1n) is 5.69. The number of hydrogen-bond donors (Lipinski definition) is 1. The molecular weight excluding hydrogens is 184 g/mol. The highest BCUT2D eigenvalue weighted by Gasteiger charge is 2.23. The number of fused-ring (bicyclic) bond motifs is 1. The molecule has 77 valence electrons. The molecule has 0 aliphatic carbocycles. The molecule has 2 aliphatic heterocycles. The quantitative estimate of drug-likeness (QED) is 0.738. The van der Waals surface area contributed by atoms with Crippen molar-refractivity contribution in [1.29, 1.82) is 0 Å². The summed E-state index contributed by atoms with van der Waals surface area (Å²) in [5, 5.41) is 8.03. The van der Waals surface area contributed by atoms with Crippen LogP contribution in [0.3, 0.4) is 0 Å². The van der Waals surface area contributed by atoms with E-state index < -0.39 is 0 Å². The van der Waals surface area contributed by atoms with Crippen molar-refractivity contribution in [3.05, 3.63) is 36.0 Å². The Kier molecular flexibility index (Phi) is 2.22. The molecule has 1 aromatic carbocycles. The lowest BCUT2D eigenvalue weighted by Crippen LogP contribution is -2.34. The minimum Gasteiger partial charge on any atom is -0.310 e. The lowest BCUT2D eigenvalue weighted by atomic mass is 9.93. The van der Waals surface area contributed by atoms with Crippen LogP contribution < -0.4 is 10.6 Å². The van der Waals surface area contributed by atoms with Crippen LogP contribution in [0, 0.1) is 0 Å². The summed E-state index contributed by atoms with van der Waals surface area (Å²) >= 11 is 0. The maximum Gasteiger partial charge on any atom is 0.0706 e. The third-order valence-electron chi connectivity index (χ3n) is 3.24. The molecule has 1 aromatic rings. The summed E-state index contributed by atoms with van der Waals surface area (Å²) in [6.07, 6.45) is 5.92. The Bertz CT molecular complexity index is 389. The van der Waals surface area contributed by atoms with Crippen molar-refractivity contribution >= 4 is 11.3 Å². The number of nitrogens with one attached hydrogen (secondary N) is 1. The predicted molar refractivity (Wildman–Crippen MR) is 61.9 cm³/mol. The molecule has 0 aromatic heterocycles. The molecule has 2 nitrogen and oxygen atoms in total. The summed E-state index contributed by atoms with van der Waals surface area (Å²) < 4.78 is 0. The molecule has 1 unspecified atom stereocenters. The van der Waals surface area contributed by atoms with Gasteiger partial charge < -0.3 is 5.32 Å². The standard InChI is InChI=1S/C13H15N2/c1-2-6-12-10(5-1)11(9-15-12)13-7-3-4-8-14-13/h1-2,5-6,9,13-14H,3-4,7-8H2. The number of rotatable bonds is 1. The van der Waals surface area contributed by atoms with Crippen molar-refractivity contribution < 1.29 is 0 Å². The van der Waals surface area contributed by atoms with Gasteiger partial charge in [0.15, 0.2) is 0 Å². The zero-order valence-electron chi connectivity index (χ0n) is 8.74. The van der Waals surface area contributed by atoms with Crippen LogP contribution in [0.4, 0.5) is 5.69 Å². The van der Waals surface area contributed by atoms with Crippen LogP contribution in [0.25, 0.3) is 5.57 Å². The average Bonchev–Trinajstić information content (AvgIpc) is 2.74. The molecule has 1 atom stereocenters. The molecule has 1 N–H and O–H groups in total. The van der Waals surface area contributed by atoms with E-state index in [-0.39, 0.29) is 0 Å². The zero-order valence-corrected chi connectivity index (χ0v) is 8.74. The van der Waals surface area contributed by atoms with E-state index >= 15 is 0 Å². The molecule has 15 heavy (non-hydrogen) atoms. The van der Waals surface area contributed by atoms with E-state index in [4.69, 9.17) is 0 Å². The van der Waals surface area contributed by atoms with E-state index in [1.807, 2.05) is 12.3 Å². The highest BCUT2D eigenvalue weighted by Crippen LogP contribution is 2.34. The topological polar surface area (TPSA) is 26.1 Å². The van der Waals surface area contributed by atoms with Gasteiger partial charge in [-0.25, -0.2) is 0 Å². The number of benzene rings is 1. The Hall–Kier alpha value is -1.28. The number of para-hydroxylation sites is 1. The van der Waals surface area contributed by atoms with Crippen molar-refractivity contribution in [3.63, 3.8) is 0 Å². The highest BCUT2D eigenvalue weighted by molar-refractivity contribution is 5.81. The predicted octanol–water partition coefficient (Wildman–Crippen LogP) is 2.42. The van der Waals surface area contributed by atoms with Gasteiger partial charge >= 0.3 is 0 Å². The van der Waals surface area contributed by atoms with Gasteiger partial charge in [-0.3, -0.25) is 5.32 Å². The Morgan fingerprint density at radius 3 is 3.00 bits per heavy atom. The first-order valence-corrected chi connectivity index (χ1v) is 5.69. The molecular formula is C13H15N2. The number of nitrogens with zero attached hydrogens (tertiary/aromatic N) is 1. The molecule has 0 amide bonds. The number of piperidine rings is 1.